The highest BCUT2D eigenvalue weighted by atomic mass is 15.0. The molecule has 0 fully saturated rings. The summed E-state index contributed by atoms with van der Waals surface area (Å²) in [5.74, 6) is 0. The Morgan fingerprint density at radius 2 is 0.769 bits per heavy atom. The predicted molar refractivity (Wildman–Crippen MR) is 121 cm³/mol. The van der Waals surface area contributed by atoms with Crippen LogP contribution in [0.3, 0.4) is 0 Å². The van der Waals surface area contributed by atoms with Gasteiger partial charge in [0.05, 0.1) is 0 Å². The molecule has 0 saturated heterocycles. The molecule has 0 unspecified atom stereocenters. The van der Waals surface area contributed by atoms with E-state index in [4.69, 9.17) is 0 Å². The summed E-state index contributed by atoms with van der Waals surface area (Å²) in [5, 5.41) is 0. The first-order chi connectivity index (χ1) is 12.8. The van der Waals surface area contributed by atoms with Gasteiger partial charge >= 0.3 is 0 Å². The minimum Gasteiger partial charge on any atom is -0.384 e. The molecule has 0 aromatic heterocycles. The topological polar surface area (TPSA) is 3.24 Å². The molecule has 26 heavy (non-hydrogen) atoms. The fourth-order valence-electron chi connectivity index (χ4n) is 3.63. The first-order valence-corrected chi connectivity index (χ1v) is 12.1. The van der Waals surface area contributed by atoms with Crippen molar-refractivity contribution < 1.29 is 0 Å². The first-order valence-electron chi connectivity index (χ1n) is 12.1. The number of unbranched alkanes of at least 4 members (excludes halogenated alkanes) is 19. The Morgan fingerprint density at radius 1 is 0.462 bits per heavy atom. The third kappa shape index (κ3) is 23.5. The van der Waals surface area contributed by atoms with E-state index < -0.39 is 0 Å². The Bertz CT molecular complexity index is 269. The number of hydrogen-bond donors (Lipinski definition) is 0. The maximum Gasteiger partial charge on any atom is 0.00555 e. The minimum atomic E-state index is 1.25. The van der Waals surface area contributed by atoms with Crippen LogP contribution in [-0.4, -0.2) is 19.0 Å². The number of rotatable bonds is 21. The predicted octanol–water partition coefficient (Wildman–Crippen LogP) is 8.88. The smallest absolute Gasteiger partial charge is 0.00555 e. The van der Waals surface area contributed by atoms with Crippen LogP contribution >= 0.6 is 0 Å². The highest BCUT2D eigenvalue weighted by Gasteiger charge is 1.95. The molecule has 0 aliphatic rings. The largest absolute Gasteiger partial charge is 0.384 e. The van der Waals surface area contributed by atoms with Crippen molar-refractivity contribution in [1.29, 1.82) is 0 Å². The van der Waals surface area contributed by atoms with Crippen LogP contribution in [0.5, 0.6) is 0 Å². The summed E-state index contributed by atoms with van der Waals surface area (Å²) >= 11 is 0. The summed E-state index contributed by atoms with van der Waals surface area (Å²) in [7, 11) is 4.18. The van der Waals surface area contributed by atoms with Crippen molar-refractivity contribution in [2.24, 2.45) is 0 Å². The van der Waals surface area contributed by atoms with E-state index in [2.05, 4.69) is 38.2 Å². The van der Waals surface area contributed by atoms with Crippen molar-refractivity contribution in [2.45, 2.75) is 135 Å². The second-order valence-corrected chi connectivity index (χ2v) is 8.50. The molecule has 156 valence electrons. The lowest BCUT2D eigenvalue weighted by atomic mass is 10.0. The summed E-state index contributed by atoms with van der Waals surface area (Å²) in [6, 6.07) is 0. The average Bonchev–Trinajstić information content (AvgIpc) is 2.62. The Labute approximate surface area is 167 Å². The number of allylic oxidation sites excluding steroid dienone is 1. The molecule has 0 aromatic carbocycles. The summed E-state index contributed by atoms with van der Waals surface area (Å²) < 4.78 is 0. The molecule has 0 bridgehead atoms. The molecule has 0 aliphatic heterocycles. The lowest BCUT2D eigenvalue weighted by molar-refractivity contribution is 0.523. The molecule has 0 saturated carbocycles. The zero-order chi connectivity index (χ0) is 19.1. The van der Waals surface area contributed by atoms with Crippen LogP contribution in [0, 0.1) is 0 Å². The lowest BCUT2D eigenvalue weighted by Gasteiger charge is -2.04. The van der Waals surface area contributed by atoms with E-state index in [1.54, 1.807) is 0 Å². The van der Waals surface area contributed by atoms with Crippen LogP contribution in [0.1, 0.15) is 135 Å². The summed E-state index contributed by atoms with van der Waals surface area (Å²) in [5.41, 5.74) is 0. The monoisotopic (exact) mass is 365 g/mol. The van der Waals surface area contributed by atoms with E-state index in [-0.39, 0.29) is 0 Å². The second kappa shape index (κ2) is 22.6. The van der Waals surface area contributed by atoms with Crippen molar-refractivity contribution in [3.63, 3.8) is 0 Å². The highest BCUT2D eigenvalue weighted by molar-refractivity contribution is 4.78. The SMILES string of the molecule is CCCCCCCCCCCCCCCCCCCCCC=CN(C)C. The van der Waals surface area contributed by atoms with Crippen LogP contribution in [0.2, 0.25) is 0 Å². The minimum absolute atomic E-state index is 1.25. The van der Waals surface area contributed by atoms with Crippen LogP contribution < -0.4 is 0 Å². The molecule has 1 heteroatoms. The van der Waals surface area contributed by atoms with E-state index in [0.717, 1.165) is 0 Å². The Hall–Kier alpha value is -0.460. The maximum absolute atomic E-state index is 2.30. The van der Waals surface area contributed by atoms with Crippen LogP contribution in [0.25, 0.3) is 0 Å². The van der Waals surface area contributed by atoms with Gasteiger partial charge in [0, 0.05) is 14.1 Å². The van der Waals surface area contributed by atoms with E-state index in [1.807, 2.05) is 0 Å². The maximum atomic E-state index is 2.30. The highest BCUT2D eigenvalue weighted by Crippen LogP contribution is 2.14. The van der Waals surface area contributed by atoms with Crippen molar-refractivity contribution in [1.82, 2.24) is 4.90 Å². The normalized spacial score (nSPS) is 11.5. The van der Waals surface area contributed by atoms with Gasteiger partial charge in [0.1, 0.15) is 0 Å². The standard InChI is InChI=1S/C25H51N/c1-4-5-6-7-8-9-10-11-12-13-14-15-16-17-18-19-20-21-22-23-24-25-26(2)3/h24-25H,4-23H2,1-3H3. The van der Waals surface area contributed by atoms with Gasteiger partial charge in [-0.2, -0.15) is 0 Å². The fraction of sp³-hybridized carbons (Fsp3) is 0.920. The Balaban J connectivity index is 3.01. The van der Waals surface area contributed by atoms with Crippen LogP contribution in [-0.2, 0) is 0 Å². The van der Waals surface area contributed by atoms with Gasteiger partial charge in [-0.15, -0.1) is 0 Å². The fourth-order valence-corrected chi connectivity index (χ4v) is 3.63. The molecule has 0 heterocycles. The van der Waals surface area contributed by atoms with E-state index >= 15 is 0 Å². The third-order valence-electron chi connectivity index (χ3n) is 5.38. The molecule has 0 N–H and O–H groups in total. The quantitative estimate of drug-likeness (QED) is 0.183. The average molecular weight is 366 g/mol. The van der Waals surface area contributed by atoms with Crippen LogP contribution in [0.15, 0.2) is 12.3 Å². The van der Waals surface area contributed by atoms with Gasteiger partial charge in [-0.05, 0) is 19.0 Å². The molecule has 0 amide bonds. The summed E-state index contributed by atoms with van der Waals surface area (Å²) in [6.45, 7) is 2.30. The molecule has 0 spiro atoms. The van der Waals surface area contributed by atoms with Crippen molar-refractivity contribution in [3.05, 3.63) is 12.3 Å². The van der Waals surface area contributed by atoms with E-state index in [0.29, 0.717) is 0 Å². The molecule has 1 nitrogen and oxygen atoms in total. The van der Waals surface area contributed by atoms with Gasteiger partial charge in [0.15, 0.2) is 0 Å². The molecular formula is C25H51N. The van der Waals surface area contributed by atoms with Gasteiger partial charge in [-0.25, -0.2) is 0 Å². The van der Waals surface area contributed by atoms with Crippen molar-refractivity contribution in [2.75, 3.05) is 14.1 Å². The molecule has 0 aromatic rings. The van der Waals surface area contributed by atoms with Gasteiger partial charge in [-0.1, -0.05) is 129 Å². The lowest BCUT2D eigenvalue weighted by Crippen LogP contribution is -1.99. The van der Waals surface area contributed by atoms with Crippen LogP contribution in [0.4, 0.5) is 0 Å². The van der Waals surface area contributed by atoms with Crippen molar-refractivity contribution in [3.8, 4) is 0 Å². The third-order valence-corrected chi connectivity index (χ3v) is 5.38. The van der Waals surface area contributed by atoms with Gasteiger partial charge in [0.2, 0.25) is 0 Å². The van der Waals surface area contributed by atoms with Gasteiger partial charge in [-0.3, -0.25) is 0 Å². The molecule has 0 aliphatic carbocycles. The Kier molecular flexibility index (Phi) is 22.2. The second-order valence-electron chi connectivity index (χ2n) is 8.50. The Morgan fingerprint density at radius 3 is 1.08 bits per heavy atom. The molecular weight excluding hydrogens is 314 g/mol. The number of hydrogen-bond acceptors (Lipinski definition) is 1. The van der Waals surface area contributed by atoms with E-state index in [9.17, 15) is 0 Å². The first kappa shape index (κ1) is 25.5. The molecule has 0 atom stereocenters. The molecule has 0 rings (SSSR count). The number of nitrogens with zero attached hydrogens (tertiary/aromatic N) is 1. The molecule has 0 radical (unpaired) electrons. The van der Waals surface area contributed by atoms with Crippen molar-refractivity contribution >= 4 is 0 Å². The van der Waals surface area contributed by atoms with Gasteiger partial charge in [0.25, 0.3) is 0 Å². The zero-order valence-electron chi connectivity index (χ0n) is 18.7. The van der Waals surface area contributed by atoms with Gasteiger partial charge < -0.3 is 4.90 Å². The summed E-state index contributed by atoms with van der Waals surface area (Å²) in [6.07, 6.45) is 33.4. The summed E-state index contributed by atoms with van der Waals surface area (Å²) in [4.78, 5) is 2.12. The van der Waals surface area contributed by atoms with E-state index in [1.165, 1.54) is 128 Å². The zero-order valence-corrected chi connectivity index (χ0v) is 18.7.